The molecule has 4 heteroatoms. The molecule has 2 aromatic rings. The molecule has 0 radical (unpaired) electrons. The van der Waals surface area contributed by atoms with Crippen molar-refractivity contribution in [3.05, 3.63) is 47.5 Å². The van der Waals surface area contributed by atoms with Gasteiger partial charge in [-0.15, -0.1) is 0 Å². The summed E-state index contributed by atoms with van der Waals surface area (Å²) in [5.74, 6) is 0.621. The molecule has 0 spiro atoms. The fraction of sp³-hybridized carbons (Fsp3) is 0.364. The molecule has 1 heterocycles. The van der Waals surface area contributed by atoms with Crippen LogP contribution in [0.15, 0.2) is 46.2 Å². The van der Waals surface area contributed by atoms with Crippen LogP contribution in [0.4, 0.5) is 11.4 Å². The molecule has 3 rings (SSSR count). The predicted octanol–water partition coefficient (Wildman–Crippen LogP) is 6.13. The van der Waals surface area contributed by atoms with Gasteiger partial charge in [-0.25, -0.2) is 0 Å². The summed E-state index contributed by atoms with van der Waals surface area (Å²) in [6.07, 6.45) is 6.60. The minimum atomic E-state index is 0.621. The molecule has 0 saturated heterocycles. The molecule has 0 bridgehead atoms. The SMILES string of the molecule is CCCCC(CC)CN1c2ccc(C=O)cc2Sc2cc(C=O)ccc21. The van der Waals surface area contributed by atoms with Gasteiger partial charge in [0.2, 0.25) is 0 Å². The molecule has 1 aliphatic rings. The van der Waals surface area contributed by atoms with Crippen LogP contribution in [-0.4, -0.2) is 19.1 Å². The molecule has 0 N–H and O–H groups in total. The van der Waals surface area contributed by atoms with Crippen LogP contribution in [0.1, 0.15) is 60.2 Å². The highest BCUT2D eigenvalue weighted by Crippen LogP contribution is 2.49. The van der Waals surface area contributed by atoms with Crippen molar-refractivity contribution < 1.29 is 9.59 Å². The second-order valence-corrected chi connectivity index (χ2v) is 7.90. The van der Waals surface area contributed by atoms with Crippen molar-refractivity contribution in [1.82, 2.24) is 0 Å². The standard InChI is InChI=1S/C22H25NO2S/c1-3-5-6-16(4-2)13-23-19-9-7-17(14-24)11-21(19)26-22-12-18(15-25)8-10-20(22)23/h7-12,14-16H,3-6,13H2,1-2H3. The predicted molar refractivity (Wildman–Crippen MR) is 108 cm³/mol. The van der Waals surface area contributed by atoms with Crippen LogP contribution < -0.4 is 4.90 Å². The Kier molecular flexibility index (Phi) is 6.15. The first-order valence-corrected chi connectivity index (χ1v) is 10.2. The first-order valence-electron chi connectivity index (χ1n) is 9.34. The van der Waals surface area contributed by atoms with Crippen LogP contribution >= 0.6 is 11.8 Å². The van der Waals surface area contributed by atoms with Gasteiger partial charge in [0.05, 0.1) is 11.4 Å². The Hall–Kier alpha value is -2.07. The Labute approximate surface area is 159 Å². The lowest BCUT2D eigenvalue weighted by Gasteiger charge is -2.35. The molecule has 0 aromatic heterocycles. The average Bonchev–Trinajstić information content (AvgIpc) is 2.69. The largest absolute Gasteiger partial charge is 0.339 e. The summed E-state index contributed by atoms with van der Waals surface area (Å²) in [4.78, 5) is 26.9. The number of carbonyl (C=O) groups excluding carboxylic acids is 2. The van der Waals surface area contributed by atoms with Crippen molar-refractivity contribution in [2.24, 2.45) is 5.92 Å². The van der Waals surface area contributed by atoms with Gasteiger partial charge < -0.3 is 4.90 Å². The van der Waals surface area contributed by atoms with E-state index in [-0.39, 0.29) is 0 Å². The maximum atomic E-state index is 11.2. The normalized spacial score (nSPS) is 13.7. The summed E-state index contributed by atoms with van der Waals surface area (Å²) in [6.45, 7) is 5.44. The van der Waals surface area contributed by atoms with E-state index in [4.69, 9.17) is 0 Å². The van der Waals surface area contributed by atoms with Gasteiger partial charge in [0, 0.05) is 27.5 Å². The lowest BCUT2D eigenvalue weighted by atomic mass is 9.98. The van der Waals surface area contributed by atoms with E-state index < -0.39 is 0 Å². The zero-order valence-corrected chi connectivity index (χ0v) is 16.2. The lowest BCUT2D eigenvalue weighted by Crippen LogP contribution is -2.27. The number of rotatable bonds is 8. The highest BCUT2D eigenvalue weighted by molar-refractivity contribution is 7.99. The van der Waals surface area contributed by atoms with E-state index in [1.165, 1.54) is 19.3 Å². The number of hydrogen-bond acceptors (Lipinski definition) is 4. The molecule has 2 aromatic carbocycles. The quantitative estimate of drug-likeness (QED) is 0.526. The number of aldehydes is 2. The van der Waals surface area contributed by atoms with E-state index in [9.17, 15) is 9.59 Å². The topological polar surface area (TPSA) is 37.4 Å². The zero-order chi connectivity index (χ0) is 18.5. The molecular formula is C22H25NO2S. The van der Waals surface area contributed by atoms with Gasteiger partial charge in [0.15, 0.2) is 0 Å². The average molecular weight is 368 g/mol. The molecule has 1 aliphatic heterocycles. The molecule has 0 aliphatic carbocycles. The van der Waals surface area contributed by atoms with Gasteiger partial charge in [-0.3, -0.25) is 9.59 Å². The Bertz CT molecular complexity index is 745. The highest BCUT2D eigenvalue weighted by Gasteiger charge is 2.25. The first kappa shape index (κ1) is 18.7. The van der Waals surface area contributed by atoms with Gasteiger partial charge in [0.25, 0.3) is 0 Å². The number of anilines is 2. The number of nitrogens with zero attached hydrogens (tertiary/aromatic N) is 1. The van der Waals surface area contributed by atoms with E-state index in [0.29, 0.717) is 17.0 Å². The number of hydrogen-bond donors (Lipinski definition) is 0. The highest BCUT2D eigenvalue weighted by atomic mass is 32.2. The molecule has 0 fully saturated rings. The van der Waals surface area contributed by atoms with Gasteiger partial charge in [-0.2, -0.15) is 0 Å². The molecule has 1 unspecified atom stereocenters. The second-order valence-electron chi connectivity index (χ2n) is 6.82. The molecular weight excluding hydrogens is 342 g/mol. The fourth-order valence-corrected chi connectivity index (χ4v) is 4.63. The maximum absolute atomic E-state index is 11.2. The Morgan fingerprint density at radius 1 is 0.962 bits per heavy atom. The monoisotopic (exact) mass is 367 g/mol. The van der Waals surface area contributed by atoms with Crippen LogP contribution in [0.2, 0.25) is 0 Å². The maximum Gasteiger partial charge on any atom is 0.150 e. The number of carbonyl (C=O) groups is 2. The van der Waals surface area contributed by atoms with Crippen LogP contribution in [0.25, 0.3) is 0 Å². The van der Waals surface area contributed by atoms with Crippen molar-refractivity contribution in [1.29, 1.82) is 0 Å². The third-order valence-electron chi connectivity index (χ3n) is 5.03. The number of unbranched alkanes of at least 4 members (excludes halogenated alkanes) is 1. The summed E-state index contributed by atoms with van der Waals surface area (Å²) >= 11 is 1.64. The third kappa shape index (κ3) is 3.85. The Morgan fingerprint density at radius 3 is 2.00 bits per heavy atom. The minimum absolute atomic E-state index is 0.621. The van der Waals surface area contributed by atoms with E-state index in [1.54, 1.807) is 11.8 Å². The van der Waals surface area contributed by atoms with Gasteiger partial charge >= 0.3 is 0 Å². The Balaban J connectivity index is 2.01. The molecule has 3 nitrogen and oxygen atoms in total. The first-order chi connectivity index (χ1) is 12.7. The summed E-state index contributed by atoms with van der Waals surface area (Å²) in [5.41, 5.74) is 3.68. The lowest BCUT2D eigenvalue weighted by molar-refractivity contribution is 0.111. The van der Waals surface area contributed by atoms with Crippen molar-refractivity contribution >= 4 is 35.7 Å². The molecule has 1 atom stereocenters. The third-order valence-corrected chi connectivity index (χ3v) is 6.12. The molecule has 0 saturated carbocycles. The summed E-state index contributed by atoms with van der Waals surface area (Å²) < 4.78 is 0. The summed E-state index contributed by atoms with van der Waals surface area (Å²) in [6, 6.07) is 11.8. The van der Waals surface area contributed by atoms with Crippen molar-refractivity contribution in [3.63, 3.8) is 0 Å². The number of fused-ring (bicyclic) bond motifs is 2. The number of benzene rings is 2. The van der Waals surface area contributed by atoms with Crippen molar-refractivity contribution in [2.75, 3.05) is 11.4 Å². The zero-order valence-electron chi connectivity index (χ0n) is 15.4. The van der Waals surface area contributed by atoms with Crippen molar-refractivity contribution in [3.8, 4) is 0 Å². The second kappa shape index (κ2) is 8.54. The molecule has 26 heavy (non-hydrogen) atoms. The molecule has 0 amide bonds. The smallest absolute Gasteiger partial charge is 0.150 e. The van der Waals surface area contributed by atoms with Gasteiger partial charge in [-0.1, -0.05) is 44.9 Å². The van der Waals surface area contributed by atoms with Gasteiger partial charge in [-0.05, 0) is 48.7 Å². The summed E-state index contributed by atoms with van der Waals surface area (Å²) in [7, 11) is 0. The van der Waals surface area contributed by atoms with Crippen LogP contribution in [-0.2, 0) is 0 Å². The van der Waals surface area contributed by atoms with E-state index in [1.807, 2.05) is 24.3 Å². The van der Waals surface area contributed by atoms with Crippen LogP contribution in [0.5, 0.6) is 0 Å². The van der Waals surface area contributed by atoms with Crippen LogP contribution in [0, 0.1) is 5.92 Å². The van der Waals surface area contributed by atoms with E-state index >= 15 is 0 Å². The minimum Gasteiger partial charge on any atom is -0.339 e. The van der Waals surface area contributed by atoms with Gasteiger partial charge in [0.1, 0.15) is 12.6 Å². The fourth-order valence-electron chi connectivity index (χ4n) is 3.44. The Morgan fingerprint density at radius 2 is 1.54 bits per heavy atom. The van der Waals surface area contributed by atoms with Crippen LogP contribution in [0.3, 0.4) is 0 Å². The van der Waals surface area contributed by atoms with E-state index in [2.05, 4.69) is 30.9 Å². The molecule has 136 valence electrons. The van der Waals surface area contributed by atoms with E-state index in [0.717, 1.165) is 46.7 Å². The van der Waals surface area contributed by atoms with Crippen molar-refractivity contribution in [2.45, 2.75) is 49.3 Å². The summed E-state index contributed by atoms with van der Waals surface area (Å²) in [5, 5.41) is 0.